The lowest BCUT2D eigenvalue weighted by Gasteiger charge is -2.20. The van der Waals surface area contributed by atoms with E-state index in [2.05, 4.69) is 13.5 Å². The molecule has 1 aliphatic rings. The van der Waals surface area contributed by atoms with Crippen molar-refractivity contribution in [3.63, 3.8) is 0 Å². The van der Waals surface area contributed by atoms with Gasteiger partial charge in [-0.3, -0.25) is 0 Å². The van der Waals surface area contributed by atoms with Gasteiger partial charge in [-0.1, -0.05) is 19.1 Å². The van der Waals surface area contributed by atoms with Crippen LogP contribution in [0.3, 0.4) is 0 Å². The molecule has 0 N–H and O–H groups in total. The molecule has 1 nitrogen and oxygen atoms in total. The maximum atomic E-state index is 5.19. The van der Waals surface area contributed by atoms with Crippen LogP contribution in [0.2, 0.25) is 0 Å². The Labute approximate surface area is 50.3 Å². The molecule has 0 amide bonds. The van der Waals surface area contributed by atoms with Gasteiger partial charge < -0.3 is 4.74 Å². The van der Waals surface area contributed by atoms with Crippen molar-refractivity contribution in [3.8, 4) is 0 Å². The molecule has 1 saturated heterocycles. The molecule has 0 aromatic heterocycles. The van der Waals surface area contributed by atoms with Crippen LogP contribution in [-0.4, -0.2) is 13.2 Å². The SMILES string of the molecule is C=C1CCOC[C@H]1C. The Morgan fingerprint density at radius 3 is 2.88 bits per heavy atom. The predicted molar refractivity (Wildman–Crippen MR) is 33.7 cm³/mol. The molecule has 0 spiro atoms. The topological polar surface area (TPSA) is 9.23 Å². The highest BCUT2D eigenvalue weighted by atomic mass is 16.5. The van der Waals surface area contributed by atoms with Crippen LogP contribution in [0.5, 0.6) is 0 Å². The van der Waals surface area contributed by atoms with Gasteiger partial charge in [-0.25, -0.2) is 0 Å². The van der Waals surface area contributed by atoms with Crippen LogP contribution in [0, 0.1) is 5.92 Å². The third kappa shape index (κ3) is 1.10. The highest BCUT2D eigenvalue weighted by Crippen LogP contribution is 2.17. The van der Waals surface area contributed by atoms with Crippen LogP contribution in [0.25, 0.3) is 0 Å². The highest BCUT2D eigenvalue weighted by molar-refractivity contribution is 5.00. The van der Waals surface area contributed by atoms with Gasteiger partial charge in [-0.15, -0.1) is 0 Å². The van der Waals surface area contributed by atoms with E-state index in [1.54, 1.807) is 0 Å². The van der Waals surface area contributed by atoms with Gasteiger partial charge >= 0.3 is 0 Å². The summed E-state index contributed by atoms with van der Waals surface area (Å²) in [7, 11) is 0. The summed E-state index contributed by atoms with van der Waals surface area (Å²) in [5, 5.41) is 0. The van der Waals surface area contributed by atoms with Crippen molar-refractivity contribution in [2.45, 2.75) is 13.3 Å². The first kappa shape index (κ1) is 5.83. The van der Waals surface area contributed by atoms with Gasteiger partial charge in [-0.05, 0) is 6.42 Å². The molecular formula is C7H12O. The van der Waals surface area contributed by atoms with Crippen molar-refractivity contribution in [1.82, 2.24) is 0 Å². The molecule has 0 saturated carbocycles. The Kier molecular flexibility index (Phi) is 1.69. The molecule has 8 heavy (non-hydrogen) atoms. The zero-order valence-corrected chi connectivity index (χ0v) is 5.31. The molecular weight excluding hydrogens is 100 g/mol. The first-order valence-corrected chi connectivity index (χ1v) is 3.06. The molecule has 0 unspecified atom stereocenters. The number of hydrogen-bond donors (Lipinski definition) is 0. The Morgan fingerprint density at radius 1 is 1.75 bits per heavy atom. The Balaban J connectivity index is 2.39. The largest absolute Gasteiger partial charge is 0.381 e. The minimum Gasteiger partial charge on any atom is -0.381 e. The molecule has 0 aromatic carbocycles. The van der Waals surface area contributed by atoms with Crippen molar-refractivity contribution in [2.75, 3.05) is 13.2 Å². The second-order valence-electron chi connectivity index (χ2n) is 2.38. The zero-order valence-electron chi connectivity index (χ0n) is 5.31. The average molecular weight is 112 g/mol. The van der Waals surface area contributed by atoms with Crippen LogP contribution in [0.1, 0.15) is 13.3 Å². The van der Waals surface area contributed by atoms with E-state index in [1.165, 1.54) is 5.57 Å². The molecule has 1 fully saturated rings. The van der Waals surface area contributed by atoms with Gasteiger partial charge in [-0.2, -0.15) is 0 Å². The number of rotatable bonds is 0. The fourth-order valence-corrected chi connectivity index (χ4v) is 0.828. The van der Waals surface area contributed by atoms with Crippen molar-refractivity contribution < 1.29 is 4.74 Å². The van der Waals surface area contributed by atoms with Crippen LogP contribution >= 0.6 is 0 Å². The summed E-state index contributed by atoms with van der Waals surface area (Å²) in [6, 6.07) is 0. The van der Waals surface area contributed by atoms with Crippen molar-refractivity contribution in [3.05, 3.63) is 12.2 Å². The number of hydrogen-bond acceptors (Lipinski definition) is 1. The van der Waals surface area contributed by atoms with Crippen LogP contribution in [0.4, 0.5) is 0 Å². The summed E-state index contributed by atoms with van der Waals surface area (Å²) in [6.07, 6.45) is 1.06. The molecule has 1 rings (SSSR count). The van der Waals surface area contributed by atoms with E-state index in [0.717, 1.165) is 19.6 Å². The van der Waals surface area contributed by atoms with Crippen LogP contribution < -0.4 is 0 Å². The summed E-state index contributed by atoms with van der Waals surface area (Å²) in [5.74, 6) is 0.587. The second kappa shape index (κ2) is 2.31. The summed E-state index contributed by atoms with van der Waals surface area (Å²) >= 11 is 0. The fraction of sp³-hybridized carbons (Fsp3) is 0.714. The second-order valence-corrected chi connectivity index (χ2v) is 2.38. The van der Waals surface area contributed by atoms with Crippen LogP contribution in [0.15, 0.2) is 12.2 Å². The summed E-state index contributed by atoms with van der Waals surface area (Å²) < 4.78 is 5.19. The smallest absolute Gasteiger partial charge is 0.0528 e. The molecule has 0 aromatic rings. The van der Waals surface area contributed by atoms with E-state index in [-0.39, 0.29) is 0 Å². The predicted octanol–water partition coefficient (Wildman–Crippen LogP) is 1.60. The minimum atomic E-state index is 0.587. The summed E-state index contributed by atoms with van der Waals surface area (Å²) in [4.78, 5) is 0. The number of ether oxygens (including phenoxy) is 1. The van der Waals surface area contributed by atoms with Crippen molar-refractivity contribution in [2.24, 2.45) is 5.92 Å². The molecule has 1 heterocycles. The standard InChI is InChI=1S/C7H12O/c1-6-3-4-8-5-7(6)2/h7H,1,3-5H2,2H3/t7-/m1/s1. The molecule has 1 atom stereocenters. The highest BCUT2D eigenvalue weighted by Gasteiger charge is 2.11. The lowest BCUT2D eigenvalue weighted by Crippen LogP contribution is -2.16. The summed E-state index contributed by atoms with van der Waals surface area (Å²) in [5.41, 5.74) is 1.34. The van der Waals surface area contributed by atoms with Crippen molar-refractivity contribution in [1.29, 1.82) is 0 Å². The van der Waals surface area contributed by atoms with E-state index in [9.17, 15) is 0 Å². The zero-order chi connectivity index (χ0) is 5.98. The van der Waals surface area contributed by atoms with E-state index in [4.69, 9.17) is 4.74 Å². The lowest BCUT2D eigenvalue weighted by molar-refractivity contribution is 0.0903. The molecule has 1 aliphatic heterocycles. The normalized spacial score (nSPS) is 30.6. The van der Waals surface area contributed by atoms with E-state index >= 15 is 0 Å². The Hall–Kier alpha value is -0.300. The molecule has 0 radical (unpaired) electrons. The Bertz CT molecular complexity index is 96.6. The van der Waals surface area contributed by atoms with Crippen LogP contribution in [-0.2, 0) is 4.74 Å². The van der Waals surface area contributed by atoms with E-state index in [1.807, 2.05) is 0 Å². The van der Waals surface area contributed by atoms with Crippen molar-refractivity contribution >= 4 is 0 Å². The fourth-order valence-electron chi connectivity index (χ4n) is 0.828. The van der Waals surface area contributed by atoms with Gasteiger partial charge in [0.05, 0.1) is 13.2 Å². The maximum Gasteiger partial charge on any atom is 0.0528 e. The molecule has 0 aliphatic carbocycles. The third-order valence-electron chi connectivity index (χ3n) is 1.63. The minimum absolute atomic E-state index is 0.587. The molecule has 0 bridgehead atoms. The van der Waals surface area contributed by atoms with Gasteiger partial charge in [0.1, 0.15) is 0 Å². The van der Waals surface area contributed by atoms with E-state index in [0.29, 0.717) is 5.92 Å². The van der Waals surface area contributed by atoms with Gasteiger partial charge in [0.2, 0.25) is 0 Å². The third-order valence-corrected chi connectivity index (χ3v) is 1.63. The Morgan fingerprint density at radius 2 is 2.50 bits per heavy atom. The maximum absolute atomic E-state index is 5.19. The monoisotopic (exact) mass is 112 g/mol. The summed E-state index contributed by atoms with van der Waals surface area (Å²) in [6.45, 7) is 7.82. The quantitative estimate of drug-likeness (QED) is 0.432. The average Bonchev–Trinajstić information content (AvgIpc) is 1.77. The first-order chi connectivity index (χ1) is 3.80. The molecule has 46 valence electrons. The molecule has 1 heteroatoms. The first-order valence-electron chi connectivity index (χ1n) is 3.06. The van der Waals surface area contributed by atoms with E-state index < -0.39 is 0 Å². The van der Waals surface area contributed by atoms with Gasteiger partial charge in [0.25, 0.3) is 0 Å². The van der Waals surface area contributed by atoms with Gasteiger partial charge in [0.15, 0.2) is 0 Å². The van der Waals surface area contributed by atoms with Gasteiger partial charge in [0, 0.05) is 5.92 Å². The lowest BCUT2D eigenvalue weighted by atomic mass is 9.99.